The van der Waals surface area contributed by atoms with Gasteiger partial charge in [-0.15, -0.1) is 0 Å². The molecule has 3 rings (SSSR count). The fourth-order valence-corrected chi connectivity index (χ4v) is 3.01. The average Bonchev–Trinajstić information content (AvgIpc) is 2.95. The minimum atomic E-state index is -4.98. The summed E-state index contributed by atoms with van der Waals surface area (Å²) in [5.41, 5.74) is -2.66. The molecule has 1 aromatic heterocycles. The van der Waals surface area contributed by atoms with Gasteiger partial charge in [0.1, 0.15) is 12.7 Å². The first-order valence-electron chi connectivity index (χ1n) is 8.64. The number of nitriles is 1. The fraction of sp³-hybridized carbons (Fsp3) is 0.389. The number of ether oxygens (including phenoxy) is 1. The van der Waals surface area contributed by atoms with Crippen molar-refractivity contribution in [2.75, 3.05) is 6.54 Å². The molecule has 12 heteroatoms. The molecular weight excluding hydrogens is 418 g/mol. The number of benzene rings is 1. The summed E-state index contributed by atoms with van der Waals surface area (Å²) in [7, 11) is 0. The van der Waals surface area contributed by atoms with Crippen LogP contribution in [0, 0.1) is 11.3 Å². The summed E-state index contributed by atoms with van der Waals surface area (Å²) in [5, 5.41) is 13.0. The third kappa shape index (κ3) is 4.84. The Balaban J connectivity index is 1.74. The molecular formula is C18H14F6N4O2. The maximum atomic E-state index is 12.9. The van der Waals surface area contributed by atoms with Gasteiger partial charge in [0.15, 0.2) is 5.69 Å². The van der Waals surface area contributed by atoms with Gasteiger partial charge in [0.25, 0.3) is 0 Å². The van der Waals surface area contributed by atoms with Crippen molar-refractivity contribution in [3.8, 4) is 6.07 Å². The van der Waals surface area contributed by atoms with E-state index >= 15 is 0 Å². The highest BCUT2D eigenvalue weighted by molar-refractivity contribution is 5.67. The second-order valence-corrected chi connectivity index (χ2v) is 6.60. The summed E-state index contributed by atoms with van der Waals surface area (Å²) in [5.74, 6) is 0. The van der Waals surface area contributed by atoms with E-state index in [9.17, 15) is 31.1 Å². The molecule has 0 aliphatic carbocycles. The van der Waals surface area contributed by atoms with Gasteiger partial charge in [-0.25, -0.2) is 4.79 Å². The number of hydrogen-bond donors (Lipinski definition) is 0. The molecule has 0 saturated heterocycles. The predicted octanol–water partition coefficient (Wildman–Crippen LogP) is 4.33. The second kappa shape index (κ2) is 7.89. The van der Waals surface area contributed by atoms with Gasteiger partial charge in [-0.1, -0.05) is 0 Å². The largest absolute Gasteiger partial charge is 0.445 e. The molecule has 30 heavy (non-hydrogen) atoms. The van der Waals surface area contributed by atoms with E-state index in [1.54, 1.807) is 4.68 Å². The van der Waals surface area contributed by atoms with Crippen LogP contribution in [0.2, 0.25) is 0 Å². The Morgan fingerprint density at radius 3 is 2.27 bits per heavy atom. The first-order chi connectivity index (χ1) is 14.0. The quantitative estimate of drug-likeness (QED) is 0.663. The predicted molar refractivity (Wildman–Crippen MR) is 88.6 cm³/mol. The molecule has 160 valence electrons. The number of carbonyl (C=O) groups is 1. The summed E-state index contributed by atoms with van der Waals surface area (Å²) in [6, 6.07) is 4.41. The molecule has 0 saturated carbocycles. The van der Waals surface area contributed by atoms with Crippen molar-refractivity contribution in [1.29, 1.82) is 5.26 Å². The monoisotopic (exact) mass is 432 g/mol. The van der Waals surface area contributed by atoms with Crippen LogP contribution in [0.15, 0.2) is 24.3 Å². The molecule has 1 aliphatic heterocycles. The first kappa shape index (κ1) is 21.5. The van der Waals surface area contributed by atoms with Crippen molar-refractivity contribution in [3.63, 3.8) is 0 Å². The molecule has 0 radical (unpaired) electrons. The SMILES string of the molecule is N#Cc1cc2n(n1)CCCN(C(=O)OCc1cc(C(F)(F)F)cc(C(F)(F)F)c1)C2. The molecule has 0 N–H and O–H groups in total. The van der Waals surface area contributed by atoms with Crippen molar-refractivity contribution in [1.82, 2.24) is 14.7 Å². The number of halogens is 6. The summed E-state index contributed by atoms with van der Waals surface area (Å²) >= 11 is 0. The molecule has 1 aliphatic rings. The van der Waals surface area contributed by atoms with Gasteiger partial charge in [-0.2, -0.15) is 36.7 Å². The maximum Gasteiger partial charge on any atom is 0.416 e. The van der Waals surface area contributed by atoms with E-state index in [4.69, 9.17) is 10.00 Å². The van der Waals surface area contributed by atoms with Gasteiger partial charge in [0.05, 0.1) is 23.4 Å². The Hall–Kier alpha value is -3.23. The van der Waals surface area contributed by atoms with Crippen LogP contribution in [-0.4, -0.2) is 27.3 Å². The van der Waals surface area contributed by atoms with Gasteiger partial charge in [-0.05, 0) is 36.2 Å². The van der Waals surface area contributed by atoms with Gasteiger partial charge in [0.2, 0.25) is 0 Å². The summed E-state index contributed by atoms with van der Waals surface area (Å²) in [6.07, 6.45) is -10.4. The topological polar surface area (TPSA) is 71.2 Å². The van der Waals surface area contributed by atoms with Crippen LogP contribution < -0.4 is 0 Å². The van der Waals surface area contributed by atoms with Crippen LogP contribution in [-0.2, 0) is 36.8 Å². The van der Waals surface area contributed by atoms with Gasteiger partial charge in [-0.3, -0.25) is 4.68 Å². The lowest BCUT2D eigenvalue weighted by Crippen LogP contribution is -2.31. The van der Waals surface area contributed by atoms with E-state index in [1.165, 1.54) is 11.0 Å². The van der Waals surface area contributed by atoms with Crippen LogP contribution in [0.25, 0.3) is 0 Å². The third-order valence-electron chi connectivity index (χ3n) is 4.40. The Morgan fingerprint density at radius 1 is 1.07 bits per heavy atom. The number of hydrogen-bond acceptors (Lipinski definition) is 4. The van der Waals surface area contributed by atoms with Crippen molar-refractivity contribution in [2.45, 2.75) is 38.5 Å². The summed E-state index contributed by atoms with van der Waals surface area (Å²) in [4.78, 5) is 13.6. The van der Waals surface area contributed by atoms with Gasteiger partial charge < -0.3 is 9.64 Å². The molecule has 0 fully saturated rings. The van der Waals surface area contributed by atoms with Crippen LogP contribution >= 0.6 is 0 Å². The van der Waals surface area contributed by atoms with Crippen LogP contribution in [0.4, 0.5) is 31.1 Å². The molecule has 6 nitrogen and oxygen atoms in total. The molecule has 2 heterocycles. The van der Waals surface area contributed by atoms with Gasteiger partial charge >= 0.3 is 18.4 Å². The smallest absolute Gasteiger partial charge is 0.416 e. The highest BCUT2D eigenvalue weighted by atomic mass is 19.4. The van der Waals surface area contributed by atoms with E-state index in [0.29, 0.717) is 30.8 Å². The van der Waals surface area contributed by atoms with E-state index < -0.39 is 41.7 Å². The Morgan fingerprint density at radius 2 is 1.70 bits per heavy atom. The number of carbonyl (C=O) groups excluding carboxylic acids is 1. The highest BCUT2D eigenvalue weighted by Gasteiger charge is 2.37. The molecule has 0 bridgehead atoms. The zero-order valence-electron chi connectivity index (χ0n) is 15.2. The zero-order valence-corrected chi connectivity index (χ0v) is 15.2. The molecule has 0 unspecified atom stereocenters. The standard InChI is InChI=1S/C18H14F6N4O2/c19-17(20,21)12-4-11(5-13(6-12)18(22,23)24)10-30-16(29)27-2-1-3-28-15(9-27)7-14(8-25)26-28/h4-7H,1-3,9-10H2. The molecule has 0 spiro atoms. The minimum Gasteiger partial charge on any atom is -0.445 e. The lowest BCUT2D eigenvalue weighted by atomic mass is 10.1. The first-order valence-corrected chi connectivity index (χ1v) is 8.64. The van der Waals surface area contributed by atoms with Crippen molar-refractivity contribution in [3.05, 3.63) is 52.3 Å². The van der Waals surface area contributed by atoms with E-state index in [-0.39, 0.29) is 24.8 Å². The Kier molecular flexibility index (Phi) is 5.65. The Bertz CT molecular complexity index is 958. The van der Waals surface area contributed by atoms with Crippen LogP contribution in [0.1, 0.15) is 34.5 Å². The van der Waals surface area contributed by atoms with Crippen molar-refractivity contribution < 1.29 is 35.9 Å². The van der Waals surface area contributed by atoms with E-state index in [1.807, 2.05) is 6.07 Å². The molecule has 1 amide bonds. The van der Waals surface area contributed by atoms with Crippen LogP contribution in [0.3, 0.4) is 0 Å². The van der Waals surface area contributed by atoms with Crippen LogP contribution in [0.5, 0.6) is 0 Å². The fourth-order valence-electron chi connectivity index (χ4n) is 3.01. The molecule has 2 aromatic rings. The van der Waals surface area contributed by atoms with Gasteiger partial charge in [0, 0.05) is 13.1 Å². The van der Waals surface area contributed by atoms with E-state index in [0.717, 1.165) is 0 Å². The van der Waals surface area contributed by atoms with E-state index in [2.05, 4.69) is 5.10 Å². The number of aryl methyl sites for hydroxylation is 1. The lowest BCUT2D eigenvalue weighted by molar-refractivity contribution is -0.143. The number of nitrogens with zero attached hydrogens (tertiary/aromatic N) is 4. The summed E-state index contributed by atoms with van der Waals surface area (Å²) in [6.45, 7) is -0.0151. The summed E-state index contributed by atoms with van der Waals surface area (Å²) < 4.78 is 84.1. The number of alkyl halides is 6. The minimum absolute atomic E-state index is 0.00799. The second-order valence-electron chi connectivity index (χ2n) is 6.60. The number of amides is 1. The number of rotatable bonds is 2. The number of fused-ring (bicyclic) bond motifs is 1. The molecule has 0 atom stereocenters. The normalized spacial score (nSPS) is 14.6. The molecule has 1 aromatic carbocycles. The third-order valence-corrected chi connectivity index (χ3v) is 4.40. The lowest BCUT2D eigenvalue weighted by Gasteiger charge is -2.20. The maximum absolute atomic E-state index is 12.9. The van der Waals surface area contributed by atoms with Crippen molar-refractivity contribution >= 4 is 6.09 Å². The Labute approximate surface area is 166 Å². The van der Waals surface area contributed by atoms with Crippen molar-refractivity contribution in [2.24, 2.45) is 0 Å². The zero-order chi connectivity index (χ0) is 22.1. The average molecular weight is 432 g/mol. The highest BCUT2D eigenvalue weighted by Crippen LogP contribution is 2.36. The number of aromatic nitrogens is 2.